The van der Waals surface area contributed by atoms with E-state index in [9.17, 15) is 5.11 Å². The highest BCUT2D eigenvalue weighted by molar-refractivity contribution is 5.18. The Labute approximate surface area is 103 Å². The zero-order valence-corrected chi connectivity index (χ0v) is 10.6. The minimum Gasteiger partial charge on any atom is -0.395 e. The molecule has 0 saturated carbocycles. The molecule has 1 aliphatic rings. The first-order chi connectivity index (χ1) is 8.22. The van der Waals surface area contributed by atoms with Gasteiger partial charge in [0.15, 0.2) is 0 Å². The van der Waals surface area contributed by atoms with Crippen molar-refractivity contribution in [2.75, 3.05) is 19.7 Å². The average Bonchev–Trinajstić information content (AvgIpc) is 2.39. The van der Waals surface area contributed by atoms with Crippen molar-refractivity contribution in [2.24, 2.45) is 0 Å². The van der Waals surface area contributed by atoms with Crippen LogP contribution in [0.4, 0.5) is 0 Å². The summed E-state index contributed by atoms with van der Waals surface area (Å²) in [7, 11) is 0. The third-order valence-corrected chi connectivity index (χ3v) is 3.65. The predicted molar refractivity (Wildman–Crippen MR) is 69.9 cm³/mol. The molecule has 0 radical (unpaired) electrons. The highest BCUT2D eigenvalue weighted by Crippen LogP contribution is 2.24. The van der Waals surface area contributed by atoms with Gasteiger partial charge in [0, 0.05) is 31.2 Å². The van der Waals surface area contributed by atoms with E-state index in [-0.39, 0.29) is 12.6 Å². The maximum atomic E-state index is 9.46. The Hall–Kier alpha value is -0.900. The Balaban J connectivity index is 2.13. The first-order valence-electron chi connectivity index (χ1n) is 6.37. The van der Waals surface area contributed by atoms with Crippen molar-refractivity contribution < 1.29 is 5.11 Å². The van der Waals surface area contributed by atoms with Gasteiger partial charge in [-0.2, -0.15) is 0 Å². The lowest BCUT2D eigenvalue weighted by Crippen LogP contribution is -2.57. The van der Waals surface area contributed by atoms with Crippen LogP contribution in [0.1, 0.15) is 25.5 Å². The summed E-state index contributed by atoms with van der Waals surface area (Å²) in [5.74, 6) is 0. The monoisotopic (exact) mass is 234 g/mol. The molecule has 94 valence electrons. The lowest BCUT2D eigenvalue weighted by molar-refractivity contribution is 0.0533. The van der Waals surface area contributed by atoms with Gasteiger partial charge in [-0.05, 0) is 19.4 Å². The van der Waals surface area contributed by atoms with Crippen molar-refractivity contribution in [3.8, 4) is 0 Å². The summed E-state index contributed by atoms with van der Waals surface area (Å²) in [5, 5.41) is 12.9. The summed E-state index contributed by atoms with van der Waals surface area (Å²) in [5.41, 5.74) is 1.32. The first-order valence-corrected chi connectivity index (χ1v) is 6.37. The number of rotatable bonds is 3. The Morgan fingerprint density at radius 1 is 1.41 bits per heavy atom. The molecule has 1 heterocycles. The molecular weight excluding hydrogens is 212 g/mol. The van der Waals surface area contributed by atoms with Gasteiger partial charge in [0.05, 0.1) is 6.61 Å². The highest BCUT2D eigenvalue weighted by Gasteiger charge is 2.29. The van der Waals surface area contributed by atoms with Crippen molar-refractivity contribution in [2.45, 2.75) is 32.0 Å². The van der Waals surface area contributed by atoms with E-state index < -0.39 is 0 Å². The first kappa shape index (κ1) is 12.6. The number of aliphatic hydroxyl groups is 1. The van der Waals surface area contributed by atoms with Crippen molar-refractivity contribution in [3.63, 3.8) is 0 Å². The molecule has 3 heteroatoms. The molecule has 1 aromatic rings. The van der Waals surface area contributed by atoms with Crippen LogP contribution in [0.2, 0.25) is 0 Å². The number of nitrogens with zero attached hydrogens (tertiary/aromatic N) is 1. The zero-order valence-electron chi connectivity index (χ0n) is 10.6. The number of hydrogen-bond donors (Lipinski definition) is 2. The van der Waals surface area contributed by atoms with E-state index in [1.165, 1.54) is 5.56 Å². The molecule has 1 aromatic carbocycles. The van der Waals surface area contributed by atoms with E-state index in [1.807, 2.05) is 6.07 Å². The molecule has 2 rings (SSSR count). The van der Waals surface area contributed by atoms with Gasteiger partial charge in [-0.25, -0.2) is 0 Å². The van der Waals surface area contributed by atoms with Crippen molar-refractivity contribution >= 4 is 0 Å². The van der Waals surface area contributed by atoms with Crippen LogP contribution in [-0.2, 0) is 0 Å². The number of nitrogens with one attached hydrogen (secondary N) is 1. The predicted octanol–water partition coefficient (Wildman–Crippen LogP) is 1.40. The lowest BCUT2D eigenvalue weighted by atomic mass is 10.0. The van der Waals surface area contributed by atoms with E-state index in [4.69, 9.17) is 0 Å². The summed E-state index contributed by atoms with van der Waals surface area (Å²) < 4.78 is 0. The highest BCUT2D eigenvalue weighted by atomic mass is 16.3. The van der Waals surface area contributed by atoms with E-state index in [2.05, 4.69) is 48.3 Å². The second-order valence-corrected chi connectivity index (χ2v) is 4.93. The summed E-state index contributed by atoms with van der Waals surface area (Å²) in [6.07, 6.45) is 0. The molecule has 3 nitrogen and oxygen atoms in total. The largest absolute Gasteiger partial charge is 0.395 e. The van der Waals surface area contributed by atoms with Crippen LogP contribution in [0.15, 0.2) is 30.3 Å². The van der Waals surface area contributed by atoms with E-state index >= 15 is 0 Å². The van der Waals surface area contributed by atoms with Crippen LogP contribution in [0, 0.1) is 0 Å². The van der Waals surface area contributed by atoms with Crippen LogP contribution in [-0.4, -0.2) is 41.8 Å². The van der Waals surface area contributed by atoms with Crippen LogP contribution in [0.5, 0.6) is 0 Å². The van der Waals surface area contributed by atoms with Gasteiger partial charge in [-0.3, -0.25) is 4.90 Å². The fourth-order valence-corrected chi connectivity index (χ4v) is 2.55. The molecule has 2 N–H and O–H groups in total. The third kappa shape index (κ3) is 2.86. The van der Waals surface area contributed by atoms with Gasteiger partial charge in [-0.1, -0.05) is 30.3 Å². The fraction of sp³-hybridized carbons (Fsp3) is 0.571. The van der Waals surface area contributed by atoms with Gasteiger partial charge in [0.25, 0.3) is 0 Å². The van der Waals surface area contributed by atoms with Gasteiger partial charge in [-0.15, -0.1) is 0 Å². The number of hydrogen-bond acceptors (Lipinski definition) is 3. The summed E-state index contributed by atoms with van der Waals surface area (Å²) >= 11 is 0. The molecule has 3 unspecified atom stereocenters. The van der Waals surface area contributed by atoms with Crippen LogP contribution < -0.4 is 5.32 Å². The van der Waals surface area contributed by atoms with Crippen LogP contribution >= 0.6 is 0 Å². The van der Waals surface area contributed by atoms with E-state index in [1.54, 1.807) is 0 Å². The minimum absolute atomic E-state index is 0.219. The summed E-state index contributed by atoms with van der Waals surface area (Å²) in [4.78, 5) is 2.40. The second-order valence-electron chi connectivity index (χ2n) is 4.93. The maximum absolute atomic E-state index is 9.46. The summed E-state index contributed by atoms with van der Waals surface area (Å²) in [6, 6.07) is 11.6. The Morgan fingerprint density at radius 2 is 2.12 bits per heavy atom. The lowest BCUT2D eigenvalue weighted by Gasteiger charge is -2.42. The molecule has 3 atom stereocenters. The standard InChI is InChI=1S/C14H22N2O/c1-11-9-16(14(10-17)8-15-11)12(2)13-6-4-3-5-7-13/h3-7,11-12,14-15,17H,8-10H2,1-2H3. The molecule has 0 spiro atoms. The zero-order chi connectivity index (χ0) is 12.3. The maximum Gasteiger partial charge on any atom is 0.0599 e. The van der Waals surface area contributed by atoms with Gasteiger partial charge >= 0.3 is 0 Å². The molecule has 0 amide bonds. The minimum atomic E-state index is 0.219. The second kappa shape index (κ2) is 5.63. The SMILES string of the molecule is CC1CN(C(C)c2ccccc2)C(CO)CN1. The molecule has 0 aromatic heterocycles. The van der Waals surface area contributed by atoms with Gasteiger partial charge in [0.2, 0.25) is 0 Å². The van der Waals surface area contributed by atoms with Crippen LogP contribution in [0.3, 0.4) is 0 Å². The van der Waals surface area contributed by atoms with E-state index in [0.29, 0.717) is 12.1 Å². The smallest absolute Gasteiger partial charge is 0.0599 e. The average molecular weight is 234 g/mol. The fourth-order valence-electron chi connectivity index (χ4n) is 2.55. The molecule has 1 aliphatic heterocycles. The van der Waals surface area contributed by atoms with Gasteiger partial charge < -0.3 is 10.4 Å². The van der Waals surface area contributed by atoms with Crippen LogP contribution in [0.25, 0.3) is 0 Å². The van der Waals surface area contributed by atoms with Crippen molar-refractivity contribution in [3.05, 3.63) is 35.9 Å². The molecule has 1 saturated heterocycles. The molecular formula is C14H22N2O. The number of piperazine rings is 1. The number of benzene rings is 1. The summed E-state index contributed by atoms with van der Waals surface area (Å²) in [6.45, 7) is 6.49. The normalized spacial score (nSPS) is 27.9. The molecule has 0 aliphatic carbocycles. The van der Waals surface area contributed by atoms with Crippen molar-refractivity contribution in [1.29, 1.82) is 0 Å². The quantitative estimate of drug-likeness (QED) is 0.830. The third-order valence-electron chi connectivity index (χ3n) is 3.65. The Kier molecular flexibility index (Phi) is 4.15. The molecule has 17 heavy (non-hydrogen) atoms. The van der Waals surface area contributed by atoms with E-state index in [0.717, 1.165) is 13.1 Å². The Morgan fingerprint density at radius 3 is 2.76 bits per heavy atom. The molecule has 1 fully saturated rings. The van der Waals surface area contributed by atoms with Crippen molar-refractivity contribution in [1.82, 2.24) is 10.2 Å². The molecule has 0 bridgehead atoms. The van der Waals surface area contributed by atoms with Gasteiger partial charge in [0.1, 0.15) is 0 Å². The number of aliphatic hydroxyl groups excluding tert-OH is 1. The topological polar surface area (TPSA) is 35.5 Å². The Bertz CT molecular complexity index is 341.